The third-order valence-corrected chi connectivity index (χ3v) is 3.66. The van der Waals surface area contributed by atoms with E-state index in [-0.39, 0.29) is 11.9 Å². The number of carbonyl (C=O) groups is 2. The number of rotatable bonds is 1. The van der Waals surface area contributed by atoms with Gasteiger partial charge in [0.25, 0.3) is 0 Å². The first kappa shape index (κ1) is 9.69. The maximum atomic E-state index is 11.3. The summed E-state index contributed by atoms with van der Waals surface area (Å²) in [6.07, 6.45) is 4.19. The van der Waals surface area contributed by atoms with Crippen molar-refractivity contribution in [3.8, 4) is 0 Å². The molecule has 3 heteroatoms. The van der Waals surface area contributed by atoms with E-state index in [4.69, 9.17) is 4.74 Å². The Morgan fingerprint density at radius 2 is 2.07 bits per heavy atom. The van der Waals surface area contributed by atoms with E-state index in [1.165, 1.54) is 7.11 Å². The average Bonchev–Trinajstić information content (AvgIpc) is 2.59. The average molecular weight is 196 g/mol. The van der Waals surface area contributed by atoms with Crippen molar-refractivity contribution in [3.63, 3.8) is 0 Å². The van der Waals surface area contributed by atoms with Gasteiger partial charge in [-0.3, -0.25) is 9.59 Å². The Morgan fingerprint density at radius 3 is 2.79 bits per heavy atom. The SMILES string of the molecule is COC(=O)[C@H]1C[C@H]2CCC(=O)C[C@@H]2C1. The lowest BCUT2D eigenvalue weighted by atomic mass is 9.81. The second kappa shape index (κ2) is 3.71. The molecule has 0 amide bonds. The van der Waals surface area contributed by atoms with Gasteiger partial charge in [-0.25, -0.2) is 0 Å². The number of carbonyl (C=O) groups excluding carboxylic acids is 2. The van der Waals surface area contributed by atoms with Crippen molar-refractivity contribution < 1.29 is 14.3 Å². The number of ether oxygens (including phenoxy) is 1. The highest BCUT2D eigenvalue weighted by atomic mass is 16.5. The van der Waals surface area contributed by atoms with Crippen LogP contribution >= 0.6 is 0 Å². The van der Waals surface area contributed by atoms with Crippen molar-refractivity contribution in [1.82, 2.24) is 0 Å². The van der Waals surface area contributed by atoms with Crippen LogP contribution < -0.4 is 0 Å². The zero-order valence-corrected chi connectivity index (χ0v) is 8.49. The number of Topliss-reactive ketones (excluding diaryl/α,β-unsaturated/α-hetero) is 1. The summed E-state index contributed by atoms with van der Waals surface area (Å²) in [4.78, 5) is 22.6. The highest BCUT2D eigenvalue weighted by Gasteiger charge is 2.41. The monoisotopic (exact) mass is 196 g/mol. The molecule has 2 aliphatic carbocycles. The molecule has 2 aliphatic rings. The summed E-state index contributed by atoms with van der Waals surface area (Å²) < 4.78 is 4.74. The third-order valence-electron chi connectivity index (χ3n) is 3.66. The van der Waals surface area contributed by atoms with Gasteiger partial charge in [-0.15, -0.1) is 0 Å². The molecule has 2 rings (SSSR count). The van der Waals surface area contributed by atoms with Crippen molar-refractivity contribution in [3.05, 3.63) is 0 Å². The smallest absolute Gasteiger partial charge is 0.308 e. The van der Waals surface area contributed by atoms with Crippen molar-refractivity contribution in [2.24, 2.45) is 17.8 Å². The van der Waals surface area contributed by atoms with Crippen molar-refractivity contribution >= 4 is 11.8 Å². The molecule has 3 atom stereocenters. The lowest BCUT2D eigenvalue weighted by Crippen LogP contribution is -2.20. The van der Waals surface area contributed by atoms with Gasteiger partial charge in [0.2, 0.25) is 0 Å². The molecule has 0 bridgehead atoms. The summed E-state index contributed by atoms with van der Waals surface area (Å²) in [5, 5.41) is 0. The molecule has 0 aromatic heterocycles. The Morgan fingerprint density at radius 1 is 1.36 bits per heavy atom. The van der Waals surface area contributed by atoms with Crippen LogP contribution in [0, 0.1) is 17.8 Å². The van der Waals surface area contributed by atoms with E-state index in [2.05, 4.69) is 0 Å². The van der Waals surface area contributed by atoms with Gasteiger partial charge < -0.3 is 4.74 Å². The molecule has 0 aromatic rings. The van der Waals surface area contributed by atoms with E-state index in [0.29, 0.717) is 24.0 Å². The zero-order chi connectivity index (χ0) is 10.1. The molecule has 0 spiro atoms. The standard InChI is InChI=1S/C11H16O3/c1-14-11(13)9-4-7-2-3-10(12)6-8(7)5-9/h7-9H,2-6H2,1H3/t7-,8+,9+/m1/s1. The Kier molecular flexibility index (Phi) is 2.57. The first-order valence-electron chi connectivity index (χ1n) is 5.30. The fourth-order valence-electron chi connectivity index (χ4n) is 2.92. The van der Waals surface area contributed by atoms with Crippen LogP contribution in [0.4, 0.5) is 0 Å². The van der Waals surface area contributed by atoms with Gasteiger partial charge in [-0.2, -0.15) is 0 Å². The molecule has 0 aromatic carbocycles. The Bertz CT molecular complexity index is 259. The van der Waals surface area contributed by atoms with Crippen LogP contribution in [0.15, 0.2) is 0 Å². The molecule has 2 fully saturated rings. The quantitative estimate of drug-likeness (QED) is 0.598. The normalized spacial score (nSPS) is 36.6. The second-order valence-electron chi connectivity index (χ2n) is 4.49. The molecule has 3 nitrogen and oxygen atoms in total. The number of ketones is 1. The van der Waals surface area contributed by atoms with E-state index in [9.17, 15) is 9.59 Å². The topological polar surface area (TPSA) is 43.4 Å². The van der Waals surface area contributed by atoms with Gasteiger partial charge in [0.05, 0.1) is 13.0 Å². The number of hydrogen-bond acceptors (Lipinski definition) is 3. The highest BCUT2D eigenvalue weighted by molar-refractivity contribution is 5.80. The third kappa shape index (κ3) is 1.68. The number of methoxy groups -OCH3 is 1. The lowest BCUT2D eigenvalue weighted by Gasteiger charge is -2.23. The molecular formula is C11H16O3. The number of hydrogen-bond donors (Lipinski definition) is 0. The van der Waals surface area contributed by atoms with Crippen molar-refractivity contribution in [1.29, 1.82) is 0 Å². The summed E-state index contributed by atoms with van der Waals surface area (Å²) in [5.74, 6) is 1.39. The summed E-state index contributed by atoms with van der Waals surface area (Å²) in [7, 11) is 1.44. The van der Waals surface area contributed by atoms with Gasteiger partial charge in [0.1, 0.15) is 5.78 Å². The van der Waals surface area contributed by atoms with Gasteiger partial charge in [-0.1, -0.05) is 0 Å². The van der Waals surface area contributed by atoms with Crippen molar-refractivity contribution in [2.45, 2.75) is 32.1 Å². The molecule has 0 heterocycles. The molecular weight excluding hydrogens is 180 g/mol. The maximum Gasteiger partial charge on any atom is 0.308 e. The first-order chi connectivity index (χ1) is 6.70. The predicted molar refractivity (Wildman–Crippen MR) is 50.6 cm³/mol. The first-order valence-corrected chi connectivity index (χ1v) is 5.30. The van der Waals surface area contributed by atoms with Gasteiger partial charge in [0, 0.05) is 12.8 Å². The van der Waals surface area contributed by atoms with E-state index in [1.54, 1.807) is 0 Å². The van der Waals surface area contributed by atoms with E-state index in [0.717, 1.165) is 25.7 Å². The molecule has 2 saturated carbocycles. The van der Waals surface area contributed by atoms with Crippen LogP contribution in [-0.4, -0.2) is 18.9 Å². The Labute approximate surface area is 83.8 Å². The van der Waals surface area contributed by atoms with Crippen LogP contribution in [0.3, 0.4) is 0 Å². The minimum Gasteiger partial charge on any atom is -0.469 e. The lowest BCUT2D eigenvalue weighted by molar-refractivity contribution is -0.145. The Balaban J connectivity index is 1.98. The minimum atomic E-state index is -0.0909. The summed E-state index contributed by atoms with van der Waals surface area (Å²) >= 11 is 0. The fourth-order valence-corrected chi connectivity index (χ4v) is 2.92. The maximum absolute atomic E-state index is 11.3. The van der Waals surface area contributed by atoms with Crippen molar-refractivity contribution in [2.75, 3.05) is 7.11 Å². The van der Waals surface area contributed by atoms with Gasteiger partial charge >= 0.3 is 5.97 Å². The molecule has 0 saturated heterocycles. The zero-order valence-electron chi connectivity index (χ0n) is 8.49. The highest BCUT2D eigenvalue weighted by Crippen LogP contribution is 2.44. The predicted octanol–water partition coefficient (Wildman–Crippen LogP) is 1.55. The second-order valence-corrected chi connectivity index (χ2v) is 4.49. The molecule has 14 heavy (non-hydrogen) atoms. The van der Waals surface area contributed by atoms with E-state index in [1.807, 2.05) is 0 Å². The number of esters is 1. The Hall–Kier alpha value is -0.860. The van der Waals surface area contributed by atoms with E-state index < -0.39 is 0 Å². The summed E-state index contributed by atoms with van der Waals surface area (Å²) in [6.45, 7) is 0. The summed E-state index contributed by atoms with van der Waals surface area (Å²) in [5.41, 5.74) is 0. The fraction of sp³-hybridized carbons (Fsp3) is 0.818. The van der Waals surface area contributed by atoms with Crippen LogP contribution in [0.1, 0.15) is 32.1 Å². The van der Waals surface area contributed by atoms with Gasteiger partial charge in [-0.05, 0) is 31.1 Å². The van der Waals surface area contributed by atoms with E-state index >= 15 is 0 Å². The molecule has 78 valence electrons. The van der Waals surface area contributed by atoms with Crippen LogP contribution in [-0.2, 0) is 14.3 Å². The number of fused-ring (bicyclic) bond motifs is 1. The molecule has 0 aliphatic heterocycles. The molecule has 0 radical (unpaired) electrons. The van der Waals surface area contributed by atoms with Crippen LogP contribution in [0.2, 0.25) is 0 Å². The molecule has 0 unspecified atom stereocenters. The largest absolute Gasteiger partial charge is 0.469 e. The molecule has 0 N–H and O–H groups in total. The minimum absolute atomic E-state index is 0.0564. The van der Waals surface area contributed by atoms with Crippen LogP contribution in [0.5, 0.6) is 0 Å². The summed E-state index contributed by atoms with van der Waals surface area (Å²) in [6, 6.07) is 0. The van der Waals surface area contributed by atoms with Crippen LogP contribution in [0.25, 0.3) is 0 Å². The van der Waals surface area contributed by atoms with Gasteiger partial charge in [0.15, 0.2) is 0 Å².